The van der Waals surface area contributed by atoms with E-state index < -0.39 is 0 Å². The lowest BCUT2D eigenvalue weighted by molar-refractivity contribution is -0.139. The van der Waals surface area contributed by atoms with Crippen LogP contribution in [0.25, 0.3) is 0 Å². The standard InChI is InChI=1S/C7H11NO2/c1-6-7(9)10-5-3-4-8(6)2/h1,3-5H2,2H3. The summed E-state index contributed by atoms with van der Waals surface area (Å²) in [6, 6.07) is 0. The number of rotatable bonds is 0. The van der Waals surface area contributed by atoms with Gasteiger partial charge in [0.25, 0.3) is 0 Å². The predicted octanol–water partition coefficient (Wildman–Crippen LogP) is 0.379. The average molecular weight is 141 g/mol. The second-order valence-electron chi connectivity index (χ2n) is 2.36. The zero-order chi connectivity index (χ0) is 7.56. The molecule has 3 heteroatoms. The van der Waals surface area contributed by atoms with Crippen LogP contribution in [-0.2, 0) is 9.53 Å². The molecule has 0 radical (unpaired) electrons. The lowest BCUT2D eigenvalue weighted by atomic mass is 10.4. The van der Waals surface area contributed by atoms with Crippen LogP contribution < -0.4 is 0 Å². The third-order valence-corrected chi connectivity index (χ3v) is 1.57. The monoisotopic (exact) mass is 141 g/mol. The molecular formula is C7H11NO2. The minimum atomic E-state index is -0.292. The molecule has 10 heavy (non-hydrogen) atoms. The molecule has 0 atom stereocenters. The number of esters is 1. The third-order valence-electron chi connectivity index (χ3n) is 1.57. The number of carbonyl (C=O) groups excluding carboxylic acids is 1. The van der Waals surface area contributed by atoms with Gasteiger partial charge in [-0.05, 0) is 6.42 Å². The maximum Gasteiger partial charge on any atom is 0.353 e. The molecule has 0 aromatic carbocycles. The van der Waals surface area contributed by atoms with Crippen molar-refractivity contribution in [1.82, 2.24) is 4.90 Å². The number of nitrogens with zero attached hydrogens (tertiary/aromatic N) is 1. The molecule has 1 rings (SSSR count). The normalized spacial score (nSPS) is 20.3. The van der Waals surface area contributed by atoms with Crippen molar-refractivity contribution in [2.75, 3.05) is 20.2 Å². The number of carbonyl (C=O) groups is 1. The van der Waals surface area contributed by atoms with Crippen LogP contribution >= 0.6 is 0 Å². The van der Waals surface area contributed by atoms with Crippen LogP contribution in [0.3, 0.4) is 0 Å². The average Bonchev–Trinajstić information content (AvgIpc) is 2.04. The summed E-state index contributed by atoms with van der Waals surface area (Å²) in [5, 5.41) is 0. The molecule has 3 nitrogen and oxygen atoms in total. The Hall–Kier alpha value is -0.990. The van der Waals surface area contributed by atoms with Gasteiger partial charge in [0.15, 0.2) is 0 Å². The topological polar surface area (TPSA) is 29.5 Å². The van der Waals surface area contributed by atoms with E-state index in [1.54, 1.807) is 0 Å². The fourth-order valence-electron chi connectivity index (χ4n) is 0.841. The molecule has 1 fully saturated rings. The van der Waals surface area contributed by atoms with Crippen LogP contribution in [0.15, 0.2) is 12.3 Å². The Morgan fingerprint density at radius 3 is 3.10 bits per heavy atom. The minimum absolute atomic E-state index is 0.292. The number of hydrogen-bond acceptors (Lipinski definition) is 3. The van der Waals surface area contributed by atoms with Crippen molar-refractivity contribution < 1.29 is 9.53 Å². The van der Waals surface area contributed by atoms with E-state index in [1.807, 2.05) is 11.9 Å². The molecule has 0 aliphatic carbocycles. The van der Waals surface area contributed by atoms with Gasteiger partial charge in [0, 0.05) is 13.6 Å². The molecule has 0 aromatic heterocycles. The Bertz CT molecular complexity index is 165. The Kier molecular flexibility index (Phi) is 1.94. The van der Waals surface area contributed by atoms with Gasteiger partial charge in [0.05, 0.1) is 6.61 Å². The first-order chi connectivity index (χ1) is 4.72. The fraction of sp³-hybridized carbons (Fsp3) is 0.571. The van der Waals surface area contributed by atoms with Crippen LogP contribution in [0.5, 0.6) is 0 Å². The maximum atomic E-state index is 10.9. The fourth-order valence-corrected chi connectivity index (χ4v) is 0.841. The van der Waals surface area contributed by atoms with Crippen LogP contribution in [0.2, 0.25) is 0 Å². The smallest absolute Gasteiger partial charge is 0.353 e. The quantitative estimate of drug-likeness (QED) is 0.361. The molecule has 0 aromatic rings. The molecule has 0 N–H and O–H groups in total. The van der Waals surface area contributed by atoms with Gasteiger partial charge in [-0.25, -0.2) is 4.79 Å². The van der Waals surface area contributed by atoms with Crippen molar-refractivity contribution in [2.45, 2.75) is 6.42 Å². The van der Waals surface area contributed by atoms with Gasteiger partial charge in [0.2, 0.25) is 0 Å². The summed E-state index contributed by atoms with van der Waals surface area (Å²) in [6.07, 6.45) is 0.890. The zero-order valence-corrected chi connectivity index (χ0v) is 6.09. The summed E-state index contributed by atoms with van der Waals surface area (Å²) in [6.45, 7) is 4.96. The van der Waals surface area contributed by atoms with Gasteiger partial charge in [-0.15, -0.1) is 0 Å². The van der Waals surface area contributed by atoms with Crippen molar-refractivity contribution in [3.05, 3.63) is 12.3 Å². The van der Waals surface area contributed by atoms with E-state index in [2.05, 4.69) is 6.58 Å². The molecular weight excluding hydrogens is 130 g/mol. The molecule has 0 bridgehead atoms. The van der Waals surface area contributed by atoms with E-state index in [0.29, 0.717) is 12.3 Å². The summed E-state index contributed by atoms with van der Waals surface area (Å²) in [4.78, 5) is 12.7. The number of likely N-dealkylation sites (N-methyl/N-ethyl adjacent to an activating group) is 1. The van der Waals surface area contributed by atoms with Gasteiger partial charge in [-0.3, -0.25) is 0 Å². The number of hydrogen-bond donors (Lipinski definition) is 0. The van der Waals surface area contributed by atoms with E-state index in [0.717, 1.165) is 13.0 Å². The maximum absolute atomic E-state index is 10.9. The summed E-state index contributed by atoms with van der Waals surface area (Å²) < 4.78 is 4.81. The Labute approximate surface area is 60.3 Å². The Morgan fingerprint density at radius 2 is 2.40 bits per heavy atom. The molecule has 0 saturated carbocycles. The van der Waals surface area contributed by atoms with Crippen molar-refractivity contribution in [3.8, 4) is 0 Å². The largest absolute Gasteiger partial charge is 0.461 e. The first-order valence-electron chi connectivity index (χ1n) is 3.29. The molecule has 1 saturated heterocycles. The predicted molar refractivity (Wildman–Crippen MR) is 37.3 cm³/mol. The molecule has 0 amide bonds. The SMILES string of the molecule is C=C1C(=O)OCCCN1C. The summed E-state index contributed by atoms with van der Waals surface area (Å²) >= 11 is 0. The second kappa shape index (κ2) is 2.73. The summed E-state index contributed by atoms with van der Waals surface area (Å²) in [7, 11) is 1.84. The highest BCUT2D eigenvalue weighted by atomic mass is 16.5. The third kappa shape index (κ3) is 1.29. The molecule has 56 valence electrons. The number of ether oxygens (including phenoxy) is 1. The van der Waals surface area contributed by atoms with Crippen LogP contribution in [0.4, 0.5) is 0 Å². The number of cyclic esters (lactones) is 1. The van der Waals surface area contributed by atoms with Crippen molar-refractivity contribution in [3.63, 3.8) is 0 Å². The van der Waals surface area contributed by atoms with Gasteiger partial charge >= 0.3 is 5.97 Å². The molecule has 1 heterocycles. The summed E-state index contributed by atoms with van der Waals surface area (Å²) in [5.41, 5.74) is 0.456. The van der Waals surface area contributed by atoms with E-state index >= 15 is 0 Å². The second-order valence-corrected chi connectivity index (χ2v) is 2.36. The lowest BCUT2D eigenvalue weighted by Crippen LogP contribution is -2.20. The van der Waals surface area contributed by atoms with Crippen molar-refractivity contribution in [2.24, 2.45) is 0 Å². The lowest BCUT2D eigenvalue weighted by Gasteiger charge is -2.14. The molecule has 1 aliphatic rings. The van der Waals surface area contributed by atoms with E-state index in [-0.39, 0.29) is 5.97 Å². The van der Waals surface area contributed by atoms with Gasteiger partial charge in [-0.2, -0.15) is 0 Å². The van der Waals surface area contributed by atoms with E-state index in [4.69, 9.17) is 4.74 Å². The van der Waals surface area contributed by atoms with Crippen LogP contribution in [-0.4, -0.2) is 31.1 Å². The van der Waals surface area contributed by atoms with E-state index in [9.17, 15) is 4.79 Å². The van der Waals surface area contributed by atoms with Crippen LogP contribution in [0, 0.1) is 0 Å². The Morgan fingerprint density at radius 1 is 1.70 bits per heavy atom. The molecule has 0 spiro atoms. The highest BCUT2D eigenvalue weighted by Crippen LogP contribution is 2.06. The van der Waals surface area contributed by atoms with Crippen LogP contribution in [0.1, 0.15) is 6.42 Å². The van der Waals surface area contributed by atoms with Gasteiger partial charge in [-0.1, -0.05) is 6.58 Å². The Balaban J connectivity index is 2.64. The van der Waals surface area contributed by atoms with E-state index in [1.165, 1.54) is 0 Å². The molecule has 0 unspecified atom stereocenters. The first kappa shape index (κ1) is 7.12. The molecule has 1 aliphatic heterocycles. The summed E-state index contributed by atoms with van der Waals surface area (Å²) in [5.74, 6) is -0.292. The zero-order valence-electron chi connectivity index (χ0n) is 6.09. The highest BCUT2D eigenvalue weighted by molar-refractivity contribution is 5.87. The highest BCUT2D eigenvalue weighted by Gasteiger charge is 2.16. The first-order valence-corrected chi connectivity index (χ1v) is 3.29. The van der Waals surface area contributed by atoms with Gasteiger partial charge < -0.3 is 9.64 Å². The minimum Gasteiger partial charge on any atom is -0.461 e. The van der Waals surface area contributed by atoms with Gasteiger partial charge in [0.1, 0.15) is 5.70 Å². The van der Waals surface area contributed by atoms with Crippen molar-refractivity contribution in [1.29, 1.82) is 0 Å². The van der Waals surface area contributed by atoms with Crippen molar-refractivity contribution >= 4 is 5.97 Å².